The Morgan fingerprint density at radius 3 is 1.19 bits per heavy atom. The minimum Gasteiger partial charge on any atom is -0.461 e. The monoisotopic (exact) mass is 590 g/mol. The Labute approximate surface area is 197 Å². The number of unbranched alkanes of at least 4 members (excludes halogenated alkanes) is 6. The van der Waals surface area contributed by atoms with E-state index in [-0.39, 0.29) is 12.8 Å². The first kappa shape index (κ1) is 35.3. The molecule has 0 aliphatic rings. The maximum Gasteiger partial charge on any atom is 0.460 e. The van der Waals surface area contributed by atoms with E-state index in [1.807, 2.05) is 6.92 Å². The number of alkyl halides is 17. The molecule has 19 heteroatoms. The largest absolute Gasteiger partial charge is 0.461 e. The van der Waals surface area contributed by atoms with Gasteiger partial charge in [-0.15, -0.1) is 0 Å². The van der Waals surface area contributed by atoms with E-state index in [4.69, 9.17) is 0 Å². The van der Waals surface area contributed by atoms with Crippen LogP contribution in [0.1, 0.15) is 51.9 Å². The van der Waals surface area contributed by atoms with Crippen molar-refractivity contribution in [1.29, 1.82) is 0 Å². The van der Waals surface area contributed by atoms with E-state index in [1.54, 1.807) is 0 Å². The van der Waals surface area contributed by atoms with Gasteiger partial charge in [-0.05, 0) is 6.42 Å². The second-order valence-corrected chi connectivity index (χ2v) is 7.78. The topological polar surface area (TPSA) is 26.3 Å². The highest BCUT2D eigenvalue weighted by Crippen LogP contribution is 2.64. The molecule has 0 amide bonds. The molecule has 0 unspecified atom stereocenters. The first-order chi connectivity index (χ1) is 16.2. The average Bonchev–Trinajstić information content (AvgIpc) is 2.73. The number of esters is 1. The van der Waals surface area contributed by atoms with Gasteiger partial charge in [0.25, 0.3) is 0 Å². The minimum absolute atomic E-state index is 0.0991. The van der Waals surface area contributed by atoms with Gasteiger partial charge in [-0.1, -0.05) is 45.4 Å². The summed E-state index contributed by atoms with van der Waals surface area (Å²) in [5, 5.41) is 0. The van der Waals surface area contributed by atoms with Crippen LogP contribution >= 0.6 is 0 Å². The van der Waals surface area contributed by atoms with Crippen LogP contribution in [0.3, 0.4) is 0 Å². The molecule has 0 radical (unpaired) electrons. The van der Waals surface area contributed by atoms with E-state index in [0.717, 1.165) is 19.3 Å². The van der Waals surface area contributed by atoms with Crippen LogP contribution in [0.25, 0.3) is 0 Å². The number of hydrogen-bond donors (Lipinski definition) is 0. The third kappa shape index (κ3) is 5.98. The van der Waals surface area contributed by atoms with E-state index in [2.05, 4.69) is 4.74 Å². The van der Waals surface area contributed by atoms with Gasteiger partial charge in [0.15, 0.2) is 0 Å². The first-order valence-electron chi connectivity index (χ1n) is 10.1. The van der Waals surface area contributed by atoms with Crippen molar-refractivity contribution in [1.82, 2.24) is 0 Å². The van der Waals surface area contributed by atoms with Gasteiger partial charge in [0.1, 0.15) is 0 Å². The highest BCUT2D eigenvalue weighted by atomic mass is 19.4. The molecule has 0 saturated heterocycles. The van der Waals surface area contributed by atoms with Crippen LogP contribution in [0.2, 0.25) is 0 Å². The molecule has 0 atom stereocenters. The summed E-state index contributed by atoms with van der Waals surface area (Å²) in [5.41, 5.74) is 0. The van der Waals surface area contributed by atoms with Gasteiger partial charge in [0, 0.05) is 0 Å². The van der Waals surface area contributed by atoms with Crippen LogP contribution in [-0.4, -0.2) is 60.2 Å². The van der Waals surface area contributed by atoms with Gasteiger partial charge in [-0.3, -0.25) is 0 Å². The Morgan fingerprint density at radius 2 is 0.811 bits per heavy atom. The standard InChI is InChI=1S/C18H19F17O2/c1-2-3-4-5-6-7-8-9-37-10(36)11(19,20)12(21,22)13(23,24)14(25,26)15(27,28)16(29,30)17(31,32)18(33,34)35/h2-9H2,1H3. The summed E-state index contributed by atoms with van der Waals surface area (Å²) in [4.78, 5) is 11.2. The fourth-order valence-corrected chi connectivity index (χ4v) is 2.61. The van der Waals surface area contributed by atoms with E-state index >= 15 is 0 Å². The van der Waals surface area contributed by atoms with Crippen molar-refractivity contribution in [3.05, 3.63) is 0 Å². The summed E-state index contributed by atoms with van der Waals surface area (Å²) >= 11 is 0. The van der Waals surface area contributed by atoms with Crippen LogP contribution in [0.15, 0.2) is 0 Å². The van der Waals surface area contributed by atoms with Crippen molar-refractivity contribution >= 4 is 5.97 Å². The molecule has 222 valence electrons. The Balaban J connectivity index is 5.92. The zero-order valence-electron chi connectivity index (χ0n) is 18.4. The molecule has 0 bridgehead atoms. The Kier molecular flexibility index (Phi) is 10.7. The number of halogens is 17. The lowest BCUT2D eigenvalue weighted by molar-refractivity contribution is -0.460. The summed E-state index contributed by atoms with van der Waals surface area (Å²) in [6.45, 7) is 0.658. The third-order valence-corrected chi connectivity index (χ3v) is 4.96. The predicted octanol–water partition coefficient (Wildman–Crippen LogP) is 8.29. The fourth-order valence-electron chi connectivity index (χ4n) is 2.61. The van der Waals surface area contributed by atoms with Gasteiger partial charge >= 0.3 is 53.6 Å². The lowest BCUT2D eigenvalue weighted by atomic mass is 9.89. The molecule has 0 rings (SSSR count). The van der Waals surface area contributed by atoms with Crippen molar-refractivity contribution in [3.63, 3.8) is 0 Å². The molecule has 2 nitrogen and oxygen atoms in total. The molecular weight excluding hydrogens is 571 g/mol. The van der Waals surface area contributed by atoms with Gasteiger partial charge in [-0.2, -0.15) is 74.6 Å². The normalized spacial score (nSPS) is 15.2. The summed E-state index contributed by atoms with van der Waals surface area (Å²) in [6, 6.07) is 0. The predicted molar refractivity (Wildman–Crippen MR) is 89.6 cm³/mol. The molecule has 0 aromatic carbocycles. The smallest absolute Gasteiger partial charge is 0.460 e. The van der Waals surface area contributed by atoms with Crippen molar-refractivity contribution < 1.29 is 84.2 Å². The molecule has 0 aromatic rings. The molecule has 37 heavy (non-hydrogen) atoms. The molecule has 0 aromatic heterocycles. The van der Waals surface area contributed by atoms with Gasteiger partial charge < -0.3 is 4.74 Å². The summed E-state index contributed by atoms with van der Waals surface area (Å²) in [5.74, 6) is -61.7. The summed E-state index contributed by atoms with van der Waals surface area (Å²) < 4.78 is 227. The number of hydrogen-bond acceptors (Lipinski definition) is 2. The van der Waals surface area contributed by atoms with Crippen molar-refractivity contribution in [2.75, 3.05) is 6.61 Å². The molecule has 0 N–H and O–H groups in total. The lowest BCUT2D eigenvalue weighted by Crippen LogP contribution is -2.75. The van der Waals surface area contributed by atoms with E-state index < -0.39 is 60.2 Å². The highest BCUT2D eigenvalue weighted by molar-refractivity contribution is 5.79. The molecule has 0 aliphatic heterocycles. The number of carbonyl (C=O) groups excluding carboxylic acids is 1. The average molecular weight is 590 g/mol. The second kappa shape index (κ2) is 11.2. The van der Waals surface area contributed by atoms with Gasteiger partial charge in [-0.25, -0.2) is 4.79 Å². The van der Waals surface area contributed by atoms with Crippen molar-refractivity contribution in [2.45, 2.75) is 99.5 Å². The molecule has 0 spiro atoms. The van der Waals surface area contributed by atoms with Crippen LogP contribution in [0.4, 0.5) is 74.6 Å². The minimum atomic E-state index is -8.73. The highest BCUT2D eigenvalue weighted by Gasteiger charge is 2.95. The number of carbonyl (C=O) groups is 1. The maximum atomic E-state index is 13.7. The lowest BCUT2D eigenvalue weighted by Gasteiger charge is -2.42. The Hall–Kier alpha value is -1.72. The third-order valence-electron chi connectivity index (χ3n) is 4.96. The number of ether oxygens (including phenoxy) is 1. The van der Waals surface area contributed by atoms with Crippen molar-refractivity contribution in [3.8, 4) is 0 Å². The van der Waals surface area contributed by atoms with Crippen LogP contribution in [0, 0.1) is 0 Å². The second-order valence-electron chi connectivity index (χ2n) is 7.78. The van der Waals surface area contributed by atoms with Crippen LogP contribution in [-0.2, 0) is 9.53 Å². The van der Waals surface area contributed by atoms with E-state index in [1.165, 1.54) is 0 Å². The SMILES string of the molecule is CCCCCCCCCOC(=O)C(F)(F)C(F)(F)C(F)(F)C(F)(F)C(F)(F)C(F)(F)C(F)(F)C(F)(F)F. The van der Waals surface area contributed by atoms with Crippen LogP contribution in [0.5, 0.6) is 0 Å². The molecular formula is C18H19F17O2. The Morgan fingerprint density at radius 1 is 0.486 bits per heavy atom. The fraction of sp³-hybridized carbons (Fsp3) is 0.944. The van der Waals surface area contributed by atoms with Crippen LogP contribution < -0.4 is 0 Å². The molecule has 0 aliphatic carbocycles. The molecule has 0 heterocycles. The van der Waals surface area contributed by atoms with E-state index in [0.29, 0.717) is 12.8 Å². The number of rotatable bonds is 15. The van der Waals surface area contributed by atoms with Gasteiger partial charge in [0.05, 0.1) is 6.61 Å². The first-order valence-corrected chi connectivity index (χ1v) is 10.1. The summed E-state index contributed by atoms with van der Waals surface area (Å²) in [7, 11) is 0. The summed E-state index contributed by atoms with van der Waals surface area (Å²) in [6.07, 6.45) is -4.73. The van der Waals surface area contributed by atoms with Crippen molar-refractivity contribution in [2.24, 2.45) is 0 Å². The van der Waals surface area contributed by atoms with Gasteiger partial charge in [0.2, 0.25) is 0 Å². The zero-order chi connectivity index (χ0) is 29.9. The Bertz CT molecular complexity index is 758. The molecule has 0 fully saturated rings. The zero-order valence-corrected chi connectivity index (χ0v) is 18.4. The van der Waals surface area contributed by atoms with E-state index in [9.17, 15) is 79.4 Å². The quantitative estimate of drug-likeness (QED) is 0.109. The maximum absolute atomic E-state index is 13.7. The molecule has 0 saturated carbocycles.